The first-order chi connectivity index (χ1) is 12.2. The number of carbonyl (C=O) groups is 3. The molecule has 1 rings (SSSR count). The number of hydrogen-bond acceptors (Lipinski definition) is 6. The van der Waals surface area contributed by atoms with Gasteiger partial charge in [0, 0.05) is 5.56 Å². The summed E-state index contributed by atoms with van der Waals surface area (Å²) in [4.78, 5) is 35.9. The normalized spacial score (nSPS) is 11.9. The zero-order valence-corrected chi connectivity index (χ0v) is 15.8. The average molecular weight is 366 g/mol. The zero-order chi connectivity index (χ0) is 19.7. The molecule has 2 N–H and O–H groups in total. The third-order valence-corrected chi connectivity index (χ3v) is 3.07. The molecule has 0 aliphatic heterocycles. The van der Waals surface area contributed by atoms with Crippen molar-refractivity contribution in [2.24, 2.45) is 0 Å². The van der Waals surface area contributed by atoms with Gasteiger partial charge in [0.2, 0.25) is 0 Å². The Kier molecular flexibility index (Phi) is 7.89. The minimum absolute atomic E-state index is 0.162. The van der Waals surface area contributed by atoms with Gasteiger partial charge in [-0.1, -0.05) is 0 Å². The SMILES string of the molecule is CCOc1ccc(C(=O)N[C@@H](CNC(=O)OC(C)(C)C)C(=O)OC)cc1. The third kappa shape index (κ3) is 7.42. The molecule has 0 saturated carbocycles. The van der Waals surface area contributed by atoms with Gasteiger partial charge in [0.15, 0.2) is 0 Å². The molecule has 0 aliphatic rings. The van der Waals surface area contributed by atoms with Gasteiger partial charge in [0.25, 0.3) is 5.91 Å². The molecule has 144 valence electrons. The molecule has 0 spiro atoms. The van der Waals surface area contributed by atoms with Crippen LogP contribution in [0.4, 0.5) is 4.79 Å². The van der Waals surface area contributed by atoms with E-state index in [0.29, 0.717) is 17.9 Å². The number of rotatable bonds is 7. The summed E-state index contributed by atoms with van der Waals surface area (Å²) in [5.41, 5.74) is -0.323. The van der Waals surface area contributed by atoms with Crippen molar-refractivity contribution in [2.45, 2.75) is 39.3 Å². The number of methoxy groups -OCH3 is 1. The highest BCUT2D eigenvalue weighted by molar-refractivity contribution is 5.97. The number of amides is 2. The van der Waals surface area contributed by atoms with E-state index in [0.717, 1.165) is 0 Å². The Morgan fingerprint density at radius 1 is 1.12 bits per heavy atom. The number of hydrogen-bond donors (Lipinski definition) is 2. The summed E-state index contributed by atoms with van der Waals surface area (Å²) in [7, 11) is 1.20. The van der Waals surface area contributed by atoms with Crippen LogP contribution in [0.2, 0.25) is 0 Å². The lowest BCUT2D eigenvalue weighted by Gasteiger charge is -2.21. The molecule has 0 heterocycles. The van der Waals surface area contributed by atoms with E-state index in [1.807, 2.05) is 6.92 Å². The maximum atomic E-state index is 12.3. The molecule has 0 aromatic heterocycles. The molecule has 0 fully saturated rings. The topological polar surface area (TPSA) is 103 Å². The van der Waals surface area contributed by atoms with Crippen molar-refractivity contribution < 1.29 is 28.6 Å². The van der Waals surface area contributed by atoms with E-state index in [2.05, 4.69) is 15.4 Å². The molecule has 0 saturated heterocycles. The van der Waals surface area contributed by atoms with Crippen molar-refractivity contribution in [3.63, 3.8) is 0 Å². The number of ether oxygens (including phenoxy) is 3. The van der Waals surface area contributed by atoms with Crippen LogP contribution in [0.25, 0.3) is 0 Å². The number of nitrogens with one attached hydrogen (secondary N) is 2. The van der Waals surface area contributed by atoms with Crippen molar-refractivity contribution >= 4 is 18.0 Å². The molecular formula is C18H26N2O6. The summed E-state index contributed by atoms with van der Waals surface area (Å²) < 4.78 is 15.1. The van der Waals surface area contributed by atoms with Crippen molar-refractivity contribution in [2.75, 3.05) is 20.3 Å². The molecule has 26 heavy (non-hydrogen) atoms. The van der Waals surface area contributed by atoms with E-state index in [9.17, 15) is 14.4 Å². The maximum Gasteiger partial charge on any atom is 0.407 e. The Labute approximate surface area is 153 Å². The second kappa shape index (κ2) is 9.65. The van der Waals surface area contributed by atoms with Gasteiger partial charge in [-0.3, -0.25) is 4.79 Å². The standard InChI is InChI=1S/C18H26N2O6/c1-6-25-13-9-7-12(8-10-13)15(21)20-14(16(22)24-5)11-19-17(23)26-18(2,3)4/h7-10,14H,6,11H2,1-5H3,(H,19,23)(H,20,21)/t14-/m0/s1. The van der Waals surface area contributed by atoms with Crippen molar-refractivity contribution in [1.82, 2.24) is 10.6 Å². The van der Waals surface area contributed by atoms with Crippen LogP contribution < -0.4 is 15.4 Å². The van der Waals surface area contributed by atoms with E-state index < -0.39 is 29.6 Å². The lowest BCUT2D eigenvalue weighted by molar-refractivity contribution is -0.142. The van der Waals surface area contributed by atoms with Crippen LogP contribution >= 0.6 is 0 Å². The van der Waals surface area contributed by atoms with Crippen LogP contribution in [0.15, 0.2) is 24.3 Å². The Hall–Kier alpha value is -2.77. The molecule has 1 aromatic rings. The summed E-state index contributed by atoms with van der Waals surface area (Å²) in [6, 6.07) is 5.42. The lowest BCUT2D eigenvalue weighted by atomic mass is 10.2. The highest BCUT2D eigenvalue weighted by Crippen LogP contribution is 2.12. The van der Waals surface area contributed by atoms with Gasteiger partial charge in [0.1, 0.15) is 17.4 Å². The molecule has 0 bridgehead atoms. The van der Waals surface area contributed by atoms with Crippen LogP contribution in [0.5, 0.6) is 5.75 Å². The van der Waals surface area contributed by atoms with Crippen LogP contribution in [-0.2, 0) is 14.3 Å². The number of alkyl carbamates (subject to hydrolysis) is 1. The van der Waals surface area contributed by atoms with Gasteiger partial charge in [0.05, 0.1) is 20.3 Å². The Balaban J connectivity index is 2.70. The van der Waals surface area contributed by atoms with Crippen molar-refractivity contribution in [3.8, 4) is 5.75 Å². The van der Waals surface area contributed by atoms with Crippen LogP contribution in [-0.4, -0.2) is 49.9 Å². The summed E-state index contributed by atoms with van der Waals surface area (Å²) in [5.74, 6) is -0.519. The first kappa shape index (κ1) is 21.3. The van der Waals surface area contributed by atoms with E-state index in [-0.39, 0.29) is 6.54 Å². The highest BCUT2D eigenvalue weighted by atomic mass is 16.6. The fourth-order valence-corrected chi connectivity index (χ4v) is 1.95. The summed E-state index contributed by atoms with van der Waals surface area (Å²) >= 11 is 0. The van der Waals surface area contributed by atoms with Crippen LogP contribution in [0.1, 0.15) is 38.1 Å². The Bertz CT molecular complexity index is 622. The minimum Gasteiger partial charge on any atom is -0.494 e. The van der Waals surface area contributed by atoms with Gasteiger partial charge >= 0.3 is 12.1 Å². The first-order valence-corrected chi connectivity index (χ1v) is 8.24. The second-order valence-electron chi connectivity index (χ2n) is 6.39. The fourth-order valence-electron chi connectivity index (χ4n) is 1.95. The molecule has 0 radical (unpaired) electrons. The largest absolute Gasteiger partial charge is 0.494 e. The molecular weight excluding hydrogens is 340 g/mol. The lowest BCUT2D eigenvalue weighted by Crippen LogP contribution is -2.49. The van der Waals surface area contributed by atoms with Crippen LogP contribution in [0, 0.1) is 0 Å². The summed E-state index contributed by atoms with van der Waals surface area (Å²) in [5, 5.41) is 4.97. The van der Waals surface area contributed by atoms with E-state index in [1.54, 1.807) is 45.0 Å². The van der Waals surface area contributed by atoms with Gasteiger partial charge in [-0.05, 0) is 52.0 Å². The number of benzene rings is 1. The van der Waals surface area contributed by atoms with Crippen molar-refractivity contribution in [1.29, 1.82) is 0 Å². The van der Waals surface area contributed by atoms with Crippen LogP contribution in [0.3, 0.4) is 0 Å². The van der Waals surface area contributed by atoms with Gasteiger partial charge in [-0.25, -0.2) is 9.59 Å². The molecule has 8 nitrogen and oxygen atoms in total. The summed E-state index contributed by atoms with van der Waals surface area (Å²) in [6.45, 7) is 7.38. The first-order valence-electron chi connectivity index (χ1n) is 8.24. The molecule has 0 aliphatic carbocycles. The zero-order valence-electron chi connectivity index (χ0n) is 15.8. The Morgan fingerprint density at radius 3 is 2.23 bits per heavy atom. The Morgan fingerprint density at radius 2 is 1.73 bits per heavy atom. The summed E-state index contributed by atoms with van der Waals surface area (Å²) in [6.07, 6.45) is -0.693. The van der Waals surface area contributed by atoms with Crippen molar-refractivity contribution in [3.05, 3.63) is 29.8 Å². The molecule has 8 heteroatoms. The molecule has 0 unspecified atom stereocenters. The van der Waals surface area contributed by atoms with E-state index in [4.69, 9.17) is 9.47 Å². The quantitative estimate of drug-likeness (QED) is 0.714. The molecule has 2 amide bonds. The van der Waals surface area contributed by atoms with Gasteiger partial charge < -0.3 is 24.8 Å². The predicted octanol–water partition coefficient (Wildman–Crippen LogP) is 1.88. The molecule has 1 aromatic carbocycles. The van der Waals surface area contributed by atoms with Gasteiger partial charge in [-0.2, -0.15) is 0 Å². The maximum absolute atomic E-state index is 12.3. The average Bonchev–Trinajstić information content (AvgIpc) is 2.57. The highest BCUT2D eigenvalue weighted by Gasteiger charge is 2.24. The predicted molar refractivity (Wildman–Crippen MR) is 95.1 cm³/mol. The number of carbonyl (C=O) groups excluding carboxylic acids is 3. The fraction of sp³-hybridized carbons (Fsp3) is 0.500. The second-order valence-corrected chi connectivity index (χ2v) is 6.39. The van der Waals surface area contributed by atoms with E-state index in [1.165, 1.54) is 7.11 Å². The van der Waals surface area contributed by atoms with Gasteiger partial charge in [-0.15, -0.1) is 0 Å². The third-order valence-electron chi connectivity index (χ3n) is 3.07. The van der Waals surface area contributed by atoms with E-state index >= 15 is 0 Å². The number of esters is 1. The molecule has 1 atom stereocenters. The smallest absolute Gasteiger partial charge is 0.407 e. The minimum atomic E-state index is -1.05. The monoisotopic (exact) mass is 366 g/mol.